The number of thiazole rings is 1. The molecule has 2 unspecified atom stereocenters. The van der Waals surface area contributed by atoms with Crippen LogP contribution in [0.2, 0.25) is 0 Å². The molecule has 1 aliphatic carbocycles. The molecule has 2 heterocycles. The van der Waals surface area contributed by atoms with Crippen molar-refractivity contribution in [1.29, 1.82) is 0 Å². The second-order valence-corrected chi connectivity index (χ2v) is 6.94. The van der Waals surface area contributed by atoms with Gasteiger partial charge in [-0.2, -0.15) is 0 Å². The summed E-state index contributed by atoms with van der Waals surface area (Å²) in [5.41, 5.74) is 1.17. The summed E-state index contributed by atoms with van der Waals surface area (Å²) in [7, 11) is 0. The number of carbonyl (C=O) groups is 2. The number of nitrogens with one attached hydrogen (secondary N) is 1. The van der Waals surface area contributed by atoms with Crippen molar-refractivity contribution < 1.29 is 9.59 Å². The zero-order chi connectivity index (χ0) is 15.0. The van der Waals surface area contributed by atoms with E-state index in [0.29, 0.717) is 0 Å². The molecule has 21 heavy (non-hydrogen) atoms. The van der Waals surface area contributed by atoms with Gasteiger partial charge in [0.1, 0.15) is 6.04 Å². The lowest BCUT2D eigenvalue weighted by Gasteiger charge is -2.21. The number of imide groups is 1. The van der Waals surface area contributed by atoms with E-state index in [-0.39, 0.29) is 24.3 Å². The number of nitrogens with zero attached hydrogens (tertiary/aromatic N) is 2. The average Bonchev–Trinajstić information content (AvgIpc) is 2.99. The van der Waals surface area contributed by atoms with Crippen molar-refractivity contribution in [3.05, 3.63) is 10.6 Å². The molecule has 0 radical (unpaired) electrons. The van der Waals surface area contributed by atoms with Crippen LogP contribution in [0.3, 0.4) is 0 Å². The molecule has 2 amide bonds. The second kappa shape index (κ2) is 5.75. The summed E-state index contributed by atoms with van der Waals surface area (Å²) < 4.78 is 0. The SMILES string of the molecule is CCC(C)N1C(=O)CC(Nc2nc3c(s2)CCCC3)C1=O. The average molecular weight is 307 g/mol. The minimum absolute atomic E-state index is 0.0266. The highest BCUT2D eigenvalue weighted by atomic mass is 32.1. The van der Waals surface area contributed by atoms with Gasteiger partial charge in [-0.05, 0) is 39.0 Å². The van der Waals surface area contributed by atoms with Gasteiger partial charge in [0, 0.05) is 10.9 Å². The Labute approximate surface area is 128 Å². The topological polar surface area (TPSA) is 62.3 Å². The van der Waals surface area contributed by atoms with E-state index < -0.39 is 6.04 Å². The van der Waals surface area contributed by atoms with E-state index in [0.717, 1.165) is 24.4 Å². The van der Waals surface area contributed by atoms with E-state index in [2.05, 4.69) is 10.3 Å². The Morgan fingerprint density at radius 3 is 2.86 bits per heavy atom. The molecular weight excluding hydrogens is 286 g/mol. The molecule has 1 aromatic rings. The van der Waals surface area contributed by atoms with Crippen LogP contribution in [0.15, 0.2) is 0 Å². The first-order valence-electron chi connectivity index (χ1n) is 7.71. The van der Waals surface area contributed by atoms with Crippen molar-refractivity contribution in [2.24, 2.45) is 0 Å². The molecule has 0 aromatic carbocycles. The summed E-state index contributed by atoms with van der Waals surface area (Å²) in [6, 6.07) is -0.472. The molecule has 1 N–H and O–H groups in total. The molecule has 2 aliphatic rings. The Morgan fingerprint density at radius 1 is 1.38 bits per heavy atom. The summed E-state index contributed by atoms with van der Waals surface area (Å²) in [5.74, 6) is -0.185. The Bertz CT molecular complexity index is 546. The van der Waals surface area contributed by atoms with Crippen LogP contribution in [0.4, 0.5) is 5.13 Å². The van der Waals surface area contributed by atoms with Crippen LogP contribution in [0.5, 0.6) is 0 Å². The third-order valence-corrected chi connectivity index (χ3v) is 5.45. The summed E-state index contributed by atoms with van der Waals surface area (Å²) in [6.45, 7) is 3.90. The molecule has 3 rings (SSSR count). The molecular formula is C15H21N3O2S. The van der Waals surface area contributed by atoms with Crippen LogP contribution in [-0.2, 0) is 22.4 Å². The zero-order valence-corrected chi connectivity index (χ0v) is 13.3. The molecule has 5 nitrogen and oxygen atoms in total. The van der Waals surface area contributed by atoms with Crippen molar-refractivity contribution in [1.82, 2.24) is 9.88 Å². The normalized spacial score (nSPS) is 23.3. The fraction of sp³-hybridized carbons (Fsp3) is 0.667. The molecule has 1 fully saturated rings. The maximum Gasteiger partial charge on any atom is 0.252 e. The van der Waals surface area contributed by atoms with E-state index in [1.54, 1.807) is 11.3 Å². The maximum absolute atomic E-state index is 12.4. The van der Waals surface area contributed by atoms with Gasteiger partial charge in [0.25, 0.3) is 5.91 Å². The number of hydrogen-bond donors (Lipinski definition) is 1. The predicted octanol–water partition coefficient (Wildman–Crippen LogP) is 2.36. The number of anilines is 1. The molecule has 114 valence electrons. The molecule has 0 spiro atoms. The monoisotopic (exact) mass is 307 g/mol. The van der Waals surface area contributed by atoms with Gasteiger partial charge in [-0.25, -0.2) is 4.98 Å². The number of hydrogen-bond acceptors (Lipinski definition) is 5. The highest BCUT2D eigenvalue weighted by Crippen LogP contribution is 2.31. The molecule has 6 heteroatoms. The van der Waals surface area contributed by atoms with Gasteiger partial charge < -0.3 is 5.32 Å². The van der Waals surface area contributed by atoms with Crippen molar-refractivity contribution in [2.75, 3.05) is 5.32 Å². The Morgan fingerprint density at radius 2 is 2.14 bits per heavy atom. The number of carbonyl (C=O) groups excluding carboxylic acids is 2. The van der Waals surface area contributed by atoms with Crippen molar-refractivity contribution in [3.8, 4) is 0 Å². The summed E-state index contributed by atoms with van der Waals surface area (Å²) in [5, 5.41) is 3.97. The number of aryl methyl sites for hydroxylation is 2. The summed E-state index contributed by atoms with van der Waals surface area (Å²) in [6.07, 6.45) is 5.56. The van der Waals surface area contributed by atoms with Crippen molar-refractivity contribution >= 4 is 28.3 Å². The molecule has 0 bridgehead atoms. The number of amides is 2. The van der Waals surface area contributed by atoms with Crippen LogP contribution in [0.1, 0.15) is 50.1 Å². The Kier molecular flexibility index (Phi) is 3.97. The van der Waals surface area contributed by atoms with Crippen molar-refractivity contribution in [3.63, 3.8) is 0 Å². The number of aromatic nitrogens is 1. The third kappa shape index (κ3) is 2.69. The van der Waals surface area contributed by atoms with Gasteiger partial charge in [0.05, 0.1) is 12.1 Å². The van der Waals surface area contributed by atoms with E-state index in [1.807, 2.05) is 13.8 Å². The summed E-state index contributed by atoms with van der Waals surface area (Å²) in [4.78, 5) is 31.7. The molecule has 0 saturated carbocycles. The fourth-order valence-electron chi connectivity index (χ4n) is 2.97. The first kappa shape index (κ1) is 14.5. The minimum atomic E-state index is -0.445. The molecule has 1 aliphatic heterocycles. The highest BCUT2D eigenvalue weighted by Gasteiger charge is 2.41. The standard InChI is InChI=1S/C15H21N3O2S/c1-3-9(2)18-13(19)8-11(14(18)20)17-15-16-10-6-4-5-7-12(10)21-15/h9,11H,3-8H2,1-2H3,(H,16,17). The third-order valence-electron chi connectivity index (χ3n) is 4.36. The molecule has 1 saturated heterocycles. The van der Waals surface area contributed by atoms with Crippen LogP contribution < -0.4 is 5.32 Å². The summed E-state index contributed by atoms with van der Waals surface area (Å²) >= 11 is 1.64. The number of likely N-dealkylation sites (tertiary alicyclic amines) is 1. The van der Waals surface area contributed by atoms with Gasteiger partial charge in [0.2, 0.25) is 5.91 Å². The lowest BCUT2D eigenvalue weighted by atomic mass is 10.0. The molecule has 1 aromatic heterocycles. The van der Waals surface area contributed by atoms with Gasteiger partial charge in [-0.3, -0.25) is 14.5 Å². The van der Waals surface area contributed by atoms with Gasteiger partial charge in [0.15, 0.2) is 5.13 Å². The van der Waals surface area contributed by atoms with Crippen molar-refractivity contribution in [2.45, 2.75) is 64.5 Å². The minimum Gasteiger partial charge on any atom is -0.349 e. The van der Waals surface area contributed by atoms with Crippen LogP contribution in [0, 0.1) is 0 Å². The van der Waals surface area contributed by atoms with E-state index >= 15 is 0 Å². The van der Waals surface area contributed by atoms with E-state index in [1.165, 1.54) is 28.3 Å². The van der Waals surface area contributed by atoms with Crippen LogP contribution >= 0.6 is 11.3 Å². The Balaban J connectivity index is 1.72. The number of rotatable bonds is 4. The fourth-order valence-corrected chi connectivity index (χ4v) is 4.07. The smallest absolute Gasteiger partial charge is 0.252 e. The van der Waals surface area contributed by atoms with Gasteiger partial charge in [-0.1, -0.05) is 6.92 Å². The maximum atomic E-state index is 12.4. The molecule has 2 atom stereocenters. The largest absolute Gasteiger partial charge is 0.349 e. The van der Waals surface area contributed by atoms with Gasteiger partial charge >= 0.3 is 0 Å². The van der Waals surface area contributed by atoms with Gasteiger partial charge in [-0.15, -0.1) is 11.3 Å². The lowest BCUT2D eigenvalue weighted by molar-refractivity contribution is -0.140. The van der Waals surface area contributed by atoms with E-state index in [9.17, 15) is 9.59 Å². The lowest BCUT2D eigenvalue weighted by Crippen LogP contribution is -2.40. The highest BCUT2D eigenvalue weighted by molar-refractivity contribution is 7.15. The predicted molar refractivity (Wildman–Crippen MR) is 82.4 cm³/mol. The van der Waals surface area contributed by atoms with Crippen LogP contribution in [0.25, 0.3) is 0 Å². The zero-order valence-electron chi connectivity index (χ0n) is 12.5. The second-order valence-electron chi connectivity index (χ2n) is 5.86. The first-order valence-corrected chi connectivity index (χ1v) is 8.52. The number of fused-ring (bicyclic) bond motifs is 1. The Hall–Kier alpha value is -1.43. The van der Waals surface area contributed by atoms with E-state index in [4.69, 9.17) is 0 Å². The van der Waals surface area contributed by atoms with Crippen LogP contribution in [-0.4, -0.2) is 33.8 Å². The first-order chi connectivity index (χ1) is 10.1. The quantitative estimate of drug-likeness (QED) is 0.867.